The fourth-order valence-corrected chi connectivity index (χ4v) is 2.91. The number of alkyl halides is 3. The third kappa shape index (κ3) is 8.73. The molecule has 0 aliphatic heterocycles. The number of guanidine groups is 1. The van der Waals surface area contributed by atoms with Gasteiger partial charge in [0.05, 0.1) is 13.7 Å². The highest BCUT2D eigenvalue weighted by Crippen LogP contribution is 2.29. The molecule has 3 N–H and O–H groups in total. The Morgan fingerprint density at radius 2 is 1.87 bits per heavy atom. The summed E-state index contributed by atoms with van der Waals surface area (Å²) in [5, 5.41) is 9.79. The minimum Gasteiger partial charge on any atom is -0.497 e. The largest absolute Gasteiger partial charge is 0.497 e. The maximum atomic E-state index is 12.6. The Kier molecular flexibility index (Phi) is 10.9. The number of ether oxygens (including phenoxy) is 1. The van der Waals surface area contributed by atoms with Gasteiger partial charge in [-0.3, -0.25) is 4.79 Å². The molecule has 0 fully saturated rings. The number of methoxy groups -OCH3 is 1. The number of halogens is 4. The lowest BCUT2D eigenvalue weighted by molar-refractivity contribution is -0.140. The Morgan fingerprint density at radius 3 is 2.43 bits per heavy atom. The molecule has 0 spiro atoms. The number of carbonyl (C=O) groups is 1. The van der Waals surface area contributed by atoms with E-state index >= 15 is 0 Å². The Labute approximate surface area is 193 Å². The molecule has 0 radical (unpaired) electrons. The zero-order valence-electron chi connectivity index (χ0n) is 16.4. The molecule has 1 heterocycles. The molecule has 166 valence electrons. The minimum atomic E-state index is -4.46. The first-order chi connectivity index (χ1) is 13.8. The first-order valence-electron chi connectivity index (χ1n) is 8.75. The van der Waals surface area contributed by atoms with E-state index in [0.29, 0.717) is 19.0 Å². The van der Waals surface area contributed by atoms with Crippen LogP contribution in [0.2, 0.25) is 0 Å². The maximum absolute atomic E-state index is 12.6. The van der Waals surface area contributed by atoms with Crippen molar-refractivity contribution in [2.24, 2.45) is 4.99 Å². The standard InChI is InChI=1S/C18H22F3N5O2S.HI/c1-3-22-17(25-10-16-26-14(11-29-16)18(19,20)21)24-9-15(27)23-8-12-4-6-13(28-2)7-5-12;/h4-7,11H,3,8-10H2,1-2H3,(H,23,27)(H2,22,24,25);1H. The minimum absolute atomic E-state index is 0. The van der Waals surface area contributed by atoms with Crippen molar-refractivity contribution in [1.29, 1.82) is 0 Å². The molecule has 0 saturated heterocycles. The van der Waals surface area contributed by atoms with E-state index in [4.69, 9.17) is 4.74 Å². The number of nitrogens with zero attached hydrogens (tertiary/aromatic N) is 2. The first-order valence-corrected chi connectivity index (χ1v) is 9.63. The van der Waals surface area contributed by atoms with Crippen LogP contribution in [0, 0.1) is 0 Å². The van der Waals surface area contributed by atoms with Gasteiger partial charge < -0.3 is 20.7 Å². The van der Waals surface area contributed by atoms with Crippen LogP contribution >= 0.6 is 35.3 Å². The zero-order valence-corrected chi connectivity index (χ0v) is 19.5. The summed E-state index contributed by atoms with van der Waals surface area (Å²) in [6.07, 6.45) is -4.46. The molecule has 0 atom stereocenters. The molecular weight excluding hydrogens is 534 g/mol. The Hall–Kier alpha value is -2.09. The molecule has 0 aliphatic carbocycles. The normalized spacial score (nSPS) is 11.4. The highest BCUT2D eigenvalue weighted by molar-refractivity contribution is 14.0. The first kappa shape index (κ1) is 25.9. The number of thiazole rings is 1. The number of carbonyl (C=O) groups excluding carboxylic acids is 1. The molecular formula is C18H23F3IN5O2S. The van der Waals surface area contributed by atoms with Gasteiger partial charge in [0.25, 0.3) is 0 Å². The highest BCUT2D eigenvalue weighted by atomic mass is 127. The van der Waals surface area contributed by atoms with E-state index in [1.165, 1.54) is 0 Å². The molecule has 1 aromatic heterocycles. The smallest absolute Gasteiger partial charge is 0.434 e. The van der Waals surface area contributed by atoms with Crippen LogP contribution in [0.4, 0.5) is 13.2 Å². The third-order valence-electron chi connectivity index (χ3n) is 3.62. The number of aromatic nitrogens is 1. The van der Waals surface area contributed by atoms with Crippen molar-refractivity contribution >= 4 is 47.2 Å². The number of aliphatic imine (C=N–C) groups is 1. The summed E-state index contributed by atoms with van der Waals surface area (Å²) in [4.78, 5) is 19.7. The Bertz CT molecular complexity index is 828. The molecule has 12 heteroatoms. The summed E-state index contributed by atoms with van der Waals surface area (Å²) in [6.45, 7) is 2.66. The molecule has 0 aliphatic rings. The van der Waals surface area contributed by atoms with Gasteiger partial charge in [-0.2, -0.15) is 13.2 Å². The molecule has 0 unspecified atom stereocenters. The van der Waals surface area contributed by atoms with Gasteiger partial charge in [-0.25, -0.2) is 9.98 Å². The third-order valence-corrected chi connectivity index (χ3v) is 4.47. The predicted octanol–water partition coefficient (Wildman–Crippen LogP) is 3.16. The average molecular weight is 557 g/mol. The van der Waals surface area contributed by atoms with Gasteiger partial charge in [0.1, 0.15) is 17.3 Å². The summed E-state index contributed by atoms with van der Waals surface area (Å²) >= 11 is 0.905. The maximum Gasteiger partial charge on any atom is 0.434 e. The van der Waals surface area contributed by atoms with Crippen molar-refractivity contribution in [2.45, 2.75) is 26.2 Å². The number of hydrogen-bond donors (Lipinski definition) is 3. The lowest BCUT2D eigenvalue weighted by atomic mass is 10.2. The van der Waals surface area contributed by atoms with Crippen molar-refractivity contribution < 1.29 is 22.7 Å². The molecule has 2 rings (SSSR count). The van der Waals surface area contributed by atoms with E-state index in [1.54, 1.807) is 19.2 Å². The van der Waals surface area contributed by atoms with Crippen LogP contribution in [0.25, 0.3) is 0 Å². The van der Waals surface area contributed by atoms with E-state index in [1.807, 2.05) is 19.1 Å². The van der Waals surface area contributed by atoms with Crippen LogP contribution in [0.5, 0.6) is 5.75 Å². The van der Waals surface area contributed by atoms with Crippen molar-refractivity contribution in [3.8, 4) is 5.75 Å². The van der Waals surface area contributed by atoms with Crippen LogP contribution in [0.1, 0.15) is 23.2 Å². The summed E-state index contributed by atoms with van der Waals surface area (Å²) in [5.74, 6) is 0.760. The van der Waals surface area contributed by atoms with E-state index < -0.39 is 11.9 Å². The predicted molar refractivity (Wildman–Crippen MR) is 120 cm³/mol. The van der Waals surface area contributed by atoms with Crippen LogP contribution in [-0.4, -0.2) is 37.1 Å². The van der Waals surface area contributed by atoms with Crippen LogP contribution in [-0.2, 0) is 24.1 Å². The van der Waals surface area contributed by atoms with Gasteiger partial charge in [0, 0.05) is 18.5 Å². The lowest BCUT2D eigenvalue weighted by Gasteiger charge is -2.10. The van der Waals surface area contributed by atoms with Gasteiger partial charge >= 0.3 is 6.18 Å². The monoisotopic (exact) mass is 557 g/mol. The summed E-state index contributed by atoms with van der Waals surface area (Å²) in [5.41, 5.74) is -0.00320. The Morgan fingerprint density at radius 1 is 1.17 bits per heavy atom. The molecule has 1 aromatic carbocycles. The van der Waals surface area contributed by atoms with E-state index in [9.17, 15) is 18.0 Å². The fraction of sp³-hybridized carbons (Fsp3) is 0.389. The lowest BCUT2D eigenvalue weighted by Crippen LogP contribution is -2.38. The van der Waals surface area contributed by atoms with E-state index in [0.717, 1.165) is 28.0 Å². The topological polar surface area (TPSA) is 87.6 Å². The second-order valence-corrected chi connectivity index (χ2v) is 6.74. The number of benzene rings is 1. The quantitative estimate of drug-likeness (QED) is 0.264. The van der Waals surface area contributed by atoms with E-state index in [2.05, 4.69) is 25.9 Å². The van der Waals surface area contributed by atoms with Crippen molar-refractivity contribution in [2.75, 3.05) is 20.2 Å². The average Bonchev–Trinajstić information content (AvgIpc) is 3.18. The van der Waals surface area contributed by atoms with E-state index in [-0.39, 0.29) is 48.0 Å². The second kappa shape index (κ2) is 12.6. The number of nitrogens with one attached hydrogen (secondary N) is 3. The zero-order chi connectivity index (χ0) is 21.3. The highest BCUT2D eigenvalue weighted by Gasteiger charge is 2.33. The van der Waals surface area contributed by atoms with Crippen LogP contribution in [0.3, 0.4) is 0 Å². The Balaban J connectivity index is 0.00000450. The second-order valence-electron chi connectivity index (χ2n) is 5.80. The number of amides is 1. The molecule has 1 amide bonds. The van der Waals surface area contributed by atoms with Gasteiger partial charge in [0.2, 0.25) is 5.91 Å². The van der Waals surface area contributed by atoms with Crippen molar-refractivity contribution in [3.63, 3.8) is 0 Å². The number of hydrogen-bond acceptors (Lipinski definition) is 5. The van der Waals surface area contributed by atoms with Crippen molar-refractivity contribution in [3.05, 3.63) is 45.9 Å². The molecule has 7 nitrogen and oxygen atoms in total. The summed E-state index contributed by atoms with van der Waals surface area (Å²) in [7, 11) is 1.58. The molecule has 2 aromatic rings. The molecule has 30 heavy (non-hydrogen) atoms. The molecule has 0 bridgehead atoms. The van der Waals surface area contributed by atoms with Gasteiger partial charge in [-0.1, -0.05) is 12.1 Å². The van der Waals surface area contributed by atoms with Crippen LogP contribution in [0.15, 0.2) is 34.6 Å². The van der Waals surface area contributed by atoms with Gasteiger partial charge in [-0.15, -0.1) is 35.3 Å². The summed E-state index contributed by atoms with van der Waals surface area (Å²) < 4.78 is 42.9. The SMILES string of the molecule is CCNC(=NCC(=O)NCc1ccc(OC)cc1)NCc1nc(C(F)(F)F)cs1.I. The molecule has 0 saturated carbocycles. The summed E-state index contributed by atoms with van der Waals surface area (Å²) in [6, 6.07) is 7.29. The van der Waals surface area contributed by atoms with Crippen molar-refractivity contribution in [1.82, 2.24) is 20.9 Å². The fourth-order valence-electron chi connectivity index (χ4n) is 2.17. The van der Waals surface area contributed by atoms with Gasteiger partial charge in [-0.05, 0) is 24.6 Å². The van der Waals surface area contributed by atoms with Gasteiger partial charge in [0.15, 0.2) is 11.7 Å². The number of rotatable bonds is 8. The van der Waals surface area contributed by atoms with Crippen LogP contribution < -0.4 is 20.7 Å².